The first-order chi connectivity index (χ1) is 18.1. The molecular weight excluding hydrogens is 462 g/mol. The van der Waals surface area contributed by atoms with E-state index in [2.05, 4.69) is 52.3 Å². The smallest absolute Gasteiger partial charge is 0.263 e. The van der Waals surface area contributed by atoms with Crippen LogP contribution in [0.5, 0.6) is 5.75 Å². The molecule has 1 saturated heterocycles. The van der Waals surface area contributed by atoms with E-state index in [1.165, 1.54) is 21.2 Å². The fourth-order valence-electron chi connectivity index (χ4n) is 5.45. The van der Waals surface area contributed by atoms with Crippen LogP contribution in [0.15, 0.2) is 84.9 Å². The first-order valence-electron chi connectivity index (χ1n) is 12.7. The van der Waals surface area contributed by atoms with Gasteiger partial charge in [-0.05, 0) is 46.2 Å². The number of methoxy groups -OCH3 is 1. The lowest BCUT2D eigenvalue weighted by atomic mass is 10.0. The standard InChI is InChI=1S/C31H29N3O3/c1-37-25-14-12-22(13-15-25)20-34-30(35)27-10-5-11-28(29(27)31(34)36)33-18-16-32(17-19-33)21-24-8-4-7-23-6-2-3-9-26(23)24/h2-15H,16-21H2,1H3. The topological polar surface area (TPSA) is 53.1 Å². The normalized spacial score (nSPS) is 15.9. The van der Waals surface area contributed by atoms with Gasteiger partial charge in [-0.15, -0.1) is 0 Å². The Hall–Kier alpha value is -4.16. The summed E-state index contributed by atoms with van der Waals surface area (Å²) in [5.74, 6) is 0.296. The van der Waals surface area contributed by atoms with E-state index in [-0.39, 0.29) is 18.4 Å². The highest BCUT2D eigenvalue weighted by Gasteiger charge is 2.38. The number of nitrogens with zero attached hydrogens (tertiary/aromatic N) is 3. The van der Waals surface area contributed by atoms with Gasteiger partial charge in [-0.3, -0.25) is 19.4 Å². The minimum absolute atomic E-state index is 0.218. The van der Waals surface area contributed by atoms with Gasteiger partial charge in [0.15, 0.2) is 0 Å². The molecule has 37 heavy (non-hydrogen) atoms. The Morgan fingerprint density at radius 2 is 1.46 bits per heavy atom. The zero-order chi connectivity index (χ0) is 25.4. The van der Waals surface area contributed by atoms with Gasteiger partial charge in [0.05, 0.1) is 30.5 Å². The van der Waals surface area contributed by atoms with Crippen LogP contribution < -0.4 is 9.64 Å². The summed E-state index contributed by atoms with van der Waals surface area (Å²) in [6.07, 6.45) is 0. The van der Waals surface area contributed by atoms with Gasteiger partial charge < -0.3 is 9.64 Å². The second-order valence-electron chi connectivity index (χ2n) is 9.65. The molecule has 0 atom stereocenters. The van der Waals surface area contributed by atoms with E-state index in [1.807, 2.05) is 36.4 Å². The van der Waals surface area contributed by atoms with Crippen molar-refractivity contribution in [3.8, 4) is 5.75 Å². The molecule has 0 N–H and O–H groups in total. The Bertz CT molecular complexity index is 1470. The van der Waals surface area contributed by atoms with E-state index < -0.39 is 0 Å². The number of benzene rings is 4. The summed E-state index contributed by atoms with van der Waals surface area (Å²) in [6.45, 7) is 4.54. The third-order valence-electron chi connectivity index (χ3n) is 7.46. The summed E-state index contributed by atoms with van der Waals surface area (Å²) >= 11 is 0. The van der Waals surface area contributed by atoms with E-state index in [0.717, 1.165) is 49.7 Å². The Kier molecular flexibility index (Phi) is 6.10. The molecule has 0 spiro atoms. The Balaban J connectivity index is 1.17. The van der Waals surface area contributed by atoms with E-state index in [4.69, 9.17) is 4.74 Å². The van der Waals surface area contributed by atoms with Crippen molar-refractivity contribution in [1.29, 1.82) is 0 Å². The lowest BCUT2D eigenvalue weighted by Crippen LogP contribution is -2.46. The SMILES string of the molecule is COc1ccc(CN2C(=O)c3cccc(N4CCN(Cc5cccc6ccccc56)CC4)c3C2=O)cc1. The maximum atomic E-state index is 13.5. The van der Waals surface area contributed by atoms with Gasteiger partial charge >= 0.3 is 0 Å². The molecule has 4 aromatic rings. The average Bonchev–Trinajstić information content (AvgIpc) is 3.19. The number of piperazine rings is 1. The van der Waals surface area contributed by atoms with Crippen molar-refractivity contribution in [2.75, 3.05) is 38.2 Å². The average molecular weight is 492 g/mol. The van der Waals surface area contributed by atoms with Gasteiger partial charge in [0.1, 0.15) is 5.75 Å². The molecular formula is C31H29N3O3. The molecule has 2 aliphatic rings. The second kappa shape index (κ2) is 9.71. The highest BCUT2D eigenvalue weighted by Crippen LogP contribution is 2.33. The number of hydrogen-bond donors (Lipinski definition) is 0. The maximum absolute atomic E-state index is 13.5. The summed E-state index contributed by atoms with van der Waals surface area (Å²) in [5.41, 5.74) is 4.11. The first-order valence-corrected chi connectivity index (χ1v) is 12.7. The van der Waals surface area contributed by atoms with Crippen molar-refractivity contribution >= 4 is 28.3 Å². The van der Waals surface area contributed by atoms with E-state index in [9.17, 15) is 9.59 Å². The summed E-state index contributed by atoms with van der Waals surface area (Å²) in [4.78, 5) is 32.7. The van der Waals surface area contributed by atoms with Gasteiger partial charge in [0.25, 0.3) is 11.8 Å². The van der Waals surface area contributed by atoms with Crippen LogP contribution in [0.25, 0.3) is 10.8 Å². The summed E-state index contributed by atoms with van der Waals surface area (Å²) < 4.78 is 5.22. The minimum Gasteiger partial charge on any atom is -0.497 e. The van der Waals surface area contributed by atoms with Crippen molar-refractivity contribution in [3.05, 3.63) is 107 Å². The molecule has 0 aromatic heterocycles. The van der Waals surface area contributed by atoms with Gasteiger partial charge in [-0.2, -0.15) is 0 Å². The molecule has 0 bridgehead atoms. The molecule has 2 amide bonds. The molecule has 1 fully saturated rings. The quantitative estimate of drug-likeness (QED) is 0.357. The molecule has 0 aliphatic carbocycles. The zero-order valence-corrected chi connectivity index (χ0v) is 20.9. The van der Waals surface area contributed by atoms with Crippen molar-refractivity contribution in [2.45, 2.75) is 13.1 Å². The number of rotatable bonds is 6. The van der Waals surface area contributed by atoms with Gasteiger partial charge in [-0.25, -0.2) is 0 Å². The Labute approximate surface area is 216 Å². The van der Waals surface area contributed by atoms with Crippen LogP contribution in [-0.4, -0.2) is 54.9 Å². The summed E-state index contributed by atoms with van der Waals surface area (Å²) in [6, 6.07) is 28.1. The molecule has 2 heterocycles. The molecule has 0 radical (unpaired) electrons. The number of hydrogen-bond acceptors (Lipinski definition) is 5. The molecule has 0 unspecified atom stereocenters. The fraction of sp³-hybridized carbons (Fsp3) is 0.226. The number of fused-ring (bicyclic) bond motifs is 2. The van der Waals surface area contributed by atoms with Crippen molar-refractivity contribution < 1.29 is 14.3 Å². The third-order valence-corrected chi connectivity index (χ3v) is 7.46. The predicted octanol–water partition coefficient (Wildman–Crippen LogP) is 4.97. The van der Waals surface area contributed by atoms with Crippen LogP contribution >= 0.6 is 0 Å². The molecule has 186 valence electrons. The van der Waals surface area contributed by atoms with E-state index in [1.54, 1.807) is 13.2 Å². The summed E-state index contributed by atoms with van der Waals surface area (Å²) in [7, 11) is 1.62. The number of imide groups is 1. The second-order valence-corrected chi connectivity index (χ2v) is 9.65. The number of carbonyl (C=O) groups excluding carboxylic acids is 2. The monoisotopic (exact) mass is 491 g/mol. The molecule has 6 heteroatoms. The highest BCUT2D eigenvalue weighted by molar-refractivity contribution is 6.23. The van der Waals surface area contributed by atoms with Crippen LogP contribution in [0.4, 0.5) is 5.69 Å². The number of anilines is 1. The molecule has 4 aromatic carbocycles. The highest BCUT2D eigenvalue weighted by atomic mass is 16.5. The predicted molar refractivity (Wildman–Crippen MR) is 145 cm³/mol. The van der Waals surface area contributed by atoms with Crippen LogP contribution in [0.3, 0.4) is 0 Å². The molecule has 6 rings (SSSR count). The van der Waals surface area contributed by atoms with Crippen molar-refractivity contribution in [1.82, 2.24) is 9.80 Å². The number of ether oxygens (including phenoxy) is 1. The van der Waals surface area contributed by atoms with Crippen LogP contribution in [0, 0.1) is 0 Å². The van der Waals surface area contributed by atoms with Crippen LogP contribution in [0.1, 0.15) is 31.8 Å². The maximum Gasteiger partial charge on any atom is 0.263 e. The minimum atomic E-state index is -0.229. The largest absolute Gasteiger partial charge is 0.497 e. The molecule has 0 saturated carbocycles. The third kappa shape index (κ3) is 4.34. The first kappa shape index (κ1) is 23.3. The van der Waals surface area contributed by atoms with E-state index >= 15 is 0 Å². The Morgan fingerprint density at radius 1 is 0.730 bits per heavy atom. The molecule has 6 nitrogen and oxygen atoms in total. The van der Waals surface area contributed by atoms with Crippen molar-refractivity contribution in [3.63, 3.8) is 0 Å². The van der Waals surface area contributed by atoms with Gasteiger partial charge in [0.2, 0.25) is 0 Å². The fourth-order valence-corrected chi connectivity index (χ4v) is 5.45. The lowest BCUT2D eigenvalue weighted by molar-refractivity contribution is 0.0642. The molecule has 2 aliphatic heterocycles. The zero-order valence-electron chi connectivity index (χ0n) is 20.9. The lowest BCUT2D eigenvalue weighted by Gasteiger charge is -2.37. The van der Waals surface area contributed by atoms with Gasteiger partial charge in [-0.1, -0.05) is 60.7 Å². The van der Waals surface area contributed by atoms with Crippen molar-refractivity contribution in [2.24, 2.45) is 0 Å². The Morgan fingerprint density at radius 3 is 2.24 bits per heavy atom. The van der Waals surface area contributed by atoms with E-state index in [0.29, 0.717) is 11.1 Å². The van der Waals surface area contributed by atoms with Gasteiger partial charge in [0, 0.05) is 32.7 Å². The summed E-state index contributed by atoms with van der Waals surface area (Å²) in [5, 5.41) is 2.57. The number of amides is 2. The van der Waals surface area contributed by atoms with Crippen LogP contribution in [0.2, 0.25) is 0 Å². The van der Waals surface area contributed by atoms with Crippen LogP contribution in [-0.2, 0) is 13.1 Å². The number of carbonyl (C=O) groups is 2.